The molecule has 0 saturated carbocycles. The number of carbonyl (C=O) groups excluding carboxylic acids is 4. The van der Waals surface area contributed by atoms with Crippen molar-refractivity contribution >= 4 is 52.2 Å². The van der Waals surface area contributed by atoms with Crippen molar-refractivity contribution in [2.45, 2.75) is 104 Å². The summed E-state index contributed by atoms with van der Waals surface area (Å²) in [5, 5.41) is 2.31. The van der Waals surface area contributed by atoms with Gasteiger partial charge < -0.3 is 29.8 Å². The number of nitrogen functional groups attached to an aromatic ring is 1. The molecule has 3 N–H and O–H groups in total. The van der Waals surface area contributed by atoms with E-state index >= 15 is 0 Å². The van der Waals surface area contributed by atoms with Crippen molar-refractivity contribution < 1.29 is 33.4 Å². The SMILES string of the molecule is CCNC(=O)c1cnc(N)c2ncn(CCCSC3C(=O)OC(C)(C)C3C(C)C(=O)[C@H](C)CC(C)(C[C@@H](C)CC(C)C(=O)OC)OC)c12. The number of methoxy groups -OCH3 is 2. The molecule has 7 atom stereocenters. The highest BCUT2D eigenvalue weighted by molar-refractivity contribution is 8.00. The molecule has 0 aromatic carbocycles. The van der Waals surface area contributed by atoms with Gasteiger partial charge >= 0.3 is 11.9 Å². The molecule has 1 aliphatic heterocycles. The zero-order chi connectivity index (χ0) is 36.0. The monoisotopic (exact) mass is 689 g/mol. The Kier molecular flexibility index (Phi) is 13.5. The van der Waals surface area contributed by atoms with Crippen LogP contribution >= 0.6 is 11.8 Å². The summed E-state index contributed by atoms with van der Waals surface area (Å²) in [4.78, 5) is 60.3. The summed E-state index contributed by atoms with van der Waals surface area (Å²) < 4.78 is 18.6. The largest absolute Gasteiger partial charge is 0.469 e. The van der Waals surface area contributed by atoms with Crippen LogP contribution in [-0.4, -0.2) is 81.1 Å². The quantitative estimate of drug-likeness (QED) is 0.159. The molecule has 0 spiro atoms. The molecule has 13 heteroatoms. The number of amides is 1. The Morgan fingerprint density at radius 2 is 1.83 bits per heavy atom. The Bertz CT molecular complexity index is 1460. The van der Waals surface area contributed by atoms with Crippen molar-refractivity contribution in [1.29, 1.82) is 0 Å². The molecule has 12 nitrogen and oxygen atoms in total. The fraction of sp³-hybridized carbons (Fsp3) is 0.714. The number of cyclic esters (lactones) is 1. The summed E-state index contributed by atoms with van der Waals surface area (Å²) in [7, 11) is 3.06. The minimum atomic E-state index is -0.806. The molecule has 5 unspecified atom stereocenters. The smallest absolute Gasteiger partial charge is 0.320 e. The van der Waals surface area contributed by atoms with E-state index in [1.54, 1.807) is 13.4 Å². The van der Waals surface area contributed by atoms with E-state index in [9.17, 15) is 19.2 Å². The van der Waals surface area contributed by atoms with Gasteiger partial charge in [0.05, 0.1) is 36.0 Å². The second-order valence-electron chi connectivity index (χ2n) is 14.2. The first-order valence-corrected chi connectivity index (χ1v) is 17.9. The number of hydrogen-bond acceptors (Lipinski definition) is 11. The number of Topliss-reactive ketones (excluding diaryl/α,β-unsaturated/α-hetero) is 1. The van der Waals surface area contributed by atoms with Gasteiger partial charge in [-0.05, 0) is 65.0 Å². The van der Waals surface area contributed by atoms with Gasteiger partial charge in [-0.15, -0.1) is 11.8 Å². The number of pyridine rings is 1. The number of imidazole rings is 1. The number of ether oxygens (including phenoxy) is 3. The number of aryl methyl sites for hydroxylation is 1. The van der Waals surface area contributed by atoms with Crippen LogP contribution in [0.4, 0.5) is 5.82 Å². The first kappa shape index (κ1) is 39.3. The fourth-order valence-corrected chi connectivity index (χ4v) is 8.93. The topological polar surface area (TPSA) is 165 Å². The molecule has 3 rings (SSSR count). The highest BCUT2D eigenvalue weighted by Gasteiger charge is 2.54. The summed E-state index contributed by atoms with van der Waals surface area (Å²) >= 11 is 1.51. The van der Waals surface area contributed by atoms with E-state index in [1.165, 1.54) is 25.1 Å². The van der Waals surface area contributed by atoms with E-state index in [0.29, 0.717) is 61.1 Å². The molecule has 1 saturated heterocycles. The van der Waals surface area contributed by atoms with Crippen molar-refractivity contribution in [3.8, 4) is 0 Å². The Hall–Kier alpha value is -3.19. The van der Waals surface area contributed by atoms with Crippen LogP contribution in [-0.2, 0) is 35.1 Å². The molecule has 1 fully saturated rings. The van der Waals surface area contributed by atoms with E-state index in [-0.39, 0.29) is 53.1 Å². The Labute approximate surface area is 289 Å². The third-order valence-electron chi connectivity index (χ3n) is 9.66. The molecule has 48 heavy (non-hydrogen) atoms. The summed E-state index contributed by atoms with van der Waals surface area (Å²) in [5.74, 6) is -0.921. The predicted molar refractivity (Wildman–Crippen MR) is 187 cm³/mol. The molecule has 1 aliphatic rings. The number of esters is 2. The Morgan fingerprint density at radius 1 is 1.15 bits per heavy atom. The third kappa shape index (κ3) is 9.07. The molecule has 3 heterocycles. The van der Waals surface area contributed by atoms with E-state index in [1.807, 2.05) is 53.0 Å². The second kappa shape index (κ2) is 16.5. The highest BCUT2D eigenvalue weighted by Crippen LogP contribution is 2.45. The number of anilines is 1. The van der Waals surface area contributed by atoms with Crippen LogP contribution < -0.4 is 11.1 Å². The van der Waals surface area contributed by atoms with E-state index in [4.69, 9.17) is 19.9 Å². The summed E-state index contributed by atoms with van der Waals surface area (Å²) in [5.41, 5.74) is 6.19. The van der Waals surface area contributed by atoms with Crippen molar-refractivity contribution in [2.24, 2.45) is 29.6 Å². The van der Waals surface area contributed by atoms with E-state index in [0.717, 1.165) is 0 Å². The lowest BCUT2D eigenvalue weighted by molar-refractivity contribution is -0.148. The van der Waals surface area contributed by atoms with Crippen LogP contribution in [0.5, 0.6) is 0 Å². The fourth-order valence-electron chi connectivity index (χ4n) is 7.42. The van der Waals surface area contributed by atoms with E-state index < -0.39 is 22.4 Å². The maximum absolute atomic E-state index is 14.0. The van der Waals surface area contributed by atoms with Crippen LogP contribution in [0.15, 0.2) is 12.5 Å². The average molecular weight is 690 g/mol. The van der Waals surface area contributed by atoms with Crippen molar-refractivity contribution in [2.75, 3.05) is 32.3 Å². The van der Waals surface area contributed by atoms with Gasteiger partial charge in [-0.2, -0.15) is 0 Å². The van der Waals surface area contributed by atoms with Crippen molar-refractivity contribution in [1.82, 2.24) is 19.9 Å². The van der Waals surface area contributed by atoms with Crippen molar-refractivity contribution in [3.63, 3.8) is 0 Å². The molecule has 2 aromatic heterocycles. The van der Waals surface area contributed by atoms with Gasteiger partial charge in [-0.25, -0.2) is 9.97 Å². The van der Waals surface area contributed by atoms with Gasteiger partial charge in [-0.3, -0.25) is 19.2 Å². The van der Waals surface area contributed by atoms with Gasteiger partial charge in [0, 0.05) is 44.1 Å². The van der Waals surface area contributed by atoms with Crippen LogP contribution in [0.2, 0.25) is 0 Å². The molecule has 0 bridgehead atoms. The number of nitrogens with zero attached hydrogens (tertiary/aromatic N) is 3. The maximum atomic E-state index is 14.0. The Morgan fingerprint density at radius 3 is 2.46 bits per heavy atom. The molecule has 268 valence electrons. The van der Waals surface area contributed by atoms with Crippen LogP contribution in [0.3, 0.4) is 0 Å². The van der Waals surface area contributed by atoms with Crippen molar-refractivity contribution in [3.05, 3.63) is 18.1 Å². The number of nitrogens with two attached hydrogens (primary N) is 1. The summed E-state index contributed by atoms with van der Waals surface area (Å²) in [6.45, 7) is 16.4. The first-order chi connectivity index (χ1) is 22.5. The number of ketones is 1. The second-order valence-corrected chi connectivity index (χ2v) is 15.4. The van der Waals surface area contributed by atoms with Gasteiger partial charge in [0.1, 0.15) is 22.2 Å². The summed E-state index contributed by atoms with van der Waals surface area (Å²) in [6.07, 6.45) is 5.67. The first-order valence-electron chi connectivity index (χ1n) is 16.9. The number of rotatable bonds is 18. The number of carbonyl (C=O) groups is 4. The zero-order valence-electron chi connectivity index (χ0n) is 30.3. The standard InChI is InChI=1S/C35H55N5O7S/c1-11-37-31(42)24-18-38-30(36)26-27(24)40(19-39-26)13-12-14-48-29-25(34(6,7)47-33(29)44)23(5)28(41)22(4)17-35(8,46-10)16-20(2)15-21(3)32(43)45-9/h18-23,25,29H,11-17H2,1-10H3,(H2,36,38)(H,37,42)/t20-,21?,22+,23?,25?,29?,35?/m0/s1. The van der Waals surface area contributed by atoms with E-state index in [2.05, 4.69) is 22.2 Å². The zero-order valence-corrected chi connectivity index (χ0v) is 31.1. The predicted octanol–water partition coefficient (Wildman–Crippen LogP) is 5.07. The third-order valence-corrected chi connectivity index (χ3v) is 11.0. The van der Waals surface area contributed by atoms with Crippen LogP contribution in [0.1, 0.15) is 91.4 Å². The number of hydrogen-bond donors (Lipinski definition) is 2. The normalized spacial score (nSPS) is 21.2. The van der Waals surface area contributed by atoms with Gasteiger partial charge in [0.2, 0.25) is 0 Å². The molecule has 0 aliphatic carbocycles. The number of nitrogens with one attached hydrogen (secondary N) is 1. The highest BCUT2D eigenvalue weighted by atomic mass is 32.2. The molecular formula is C35H55N5O7S. The lowest BCUT2D eigenvalue weighted by atomic mass is 9.73. The lowest BCUT2D eigenvalue weighted by Gasteiger charge is -2.36. The molecule has 2 aromatic rings. The van der Waals surface area contributed by atoms with Crippen LogP contribution in [0, 0.1) is 29.6 Å². The Balaban J connectivity index is 1.67. The molecular weight excluding hydrogens is 634 g/mol. The average Bonchev–Trinajstić information content (AvgIpc) is 3.55. The number of aromatic nitrogens is 3. The van der Waals surface area contributed by atoms with Gasteiger partial charge in [-0.1, -0.05) is 27.7 Å². The number of thioether (sulfide) groups is 1. The number of fused-ring (bicyclic) bond motifs is 1. The molecule has 1 amide bonds. The molecule has 0 radical (unpaired) electrons. The van der Waals surface area contributed by atoms with Crippen LogP contribution in [0.25, 0.3) is 11.0 Å². The maximum Gasteiger partial charge on any atom is 0.320 e. The van der Waals surface area contributed by atoms with Gasteiger partial charge in [0.15, 0.2) is 5.82 Å². The summed E-state index contributed by atoms with van der Waals surface area (Å²) in [6, 6.07) is 0. The van der Waals surface area contributed by atoms with Gasteiger partial charge in [0.25, 0.3) is 5.91 Å². The minimum absolute atomic E-state index is 0.0739. The lowest BCUT2D eigenvalue weighted by Crippen LogP contribution is -2.42. The minimum Gasteiger partial charge on any atom is -0.469 e.